The average Bonchev–Trinajstić information content (AvgIpc) is 3.05. The Morgan fingerprint density at radius 3 is 2.70 bits per heavy atom. The molecule has 2 heterocycles. The second kappa shape index (κ2) is 7.19. The molecule has 0 saturated carbocycles. The van der Waals surface area contributed by atoms with Crippen molar-refractivity contribution in [3.63, 3.8) is 0 Å². The third-order valence-electron chi connectivity index (χ3n) is 3.01. The summed E-state index contributed by atoms with van der Waals surface area (Å²) >= 11 is 2.25. The first-order chi connectivity index (χ1) is 11.2. The van der Waals surface area contributed by atoms with Crippen LogP contribution < -0.4 is 5.43 Å². The van der Waals surface area contributed by atoms with Crippen LogP contribution in [0.1, 0.15) is 16.2 Å². The molecule has 1 N–H and O–H groups in total. The quantitative estimate of drug-likeness (QED) is 0.400. The molecule has 6 heteroatoms. The minimum absolute atomic E-state index is 0.309. The van der Waals surface area contributed by atoms with Crippen molar-refractivity contribution in [2.45, 2.75) is 0 Å². The number of carbonyl (C=O) groups is 1. The number of nitrogens with one attached hydrogen (secondary N) is 1. The van der Waals surface area contributed by atoms with Crippen LogP contribution in [0.3, 0.4) is 0 Å². The van der Waals surface area contributed by atoms with Crippen molar-refractivity contribution in [1.29, 1.82) is 0 Å². The number of hydrogen-bond donors (Lipinski definition) is 1. The minimum atomic E-state index is -0.369. The summed E-state index contributed by atoms with van der Waals surface area (Å²) in [7, 11) is 0. The number of amides is 1. The van der Waals surface area contributed by atoms with E-state index in [2.05, 4.69) is 38.1 Å². The van der Waals surface area contributed by atoms with Crippen molar-refractivity contribution >= 4 is 34.7 Å². The van der Waals surface area contributed by atoms with E-state index in [1.165, 1.54) is 6.21 Å². The molecule has 0 aliphatic rings. The second-order valence-corrected chi connectivity index (χ2v) is 5.87. The summed E-state index contributed by atoms with van der Waals surface area (Å²) in [6.45, 7) is 0. The van der Waals surface area contributed by atoms with Gasteiger partial charge in [-0.15, -0.1) is 0 Å². The number of benzene rings is 1. The molecule has 1 amide bonds. The van der Waals surface area contributed by atoms with E-state index in [1.54, 1.807) is 30.5 Å². The van der Waals surface area contributed by atoms with Crippen LogP contribution in [0.15, 0.2) is 70.3 Å². The molecule has 0 fully saturated rings. The first kappa shape index (κ1) is 15.4. The van der Waals surface area contributed by atoms with Gasteiger partial charge in [-0.1, -0.05) is 18.2 Å². The fourth-order valence-corrected chi connectivity index (χ4v) is 2.26. The fourth-order valence-electron chi connectivity index (χ4n) is 1.90. The Hall–Kier alpha value is -2.48. The third kappa shape index (κ3) is 4.04. The predicted molar refractivity (Wildman–Crippen MR) is 96.2 cm³/mol. The highest BCUT2D eigenvalue weighted by Gasteiger charge is 2.05. The number of pyridine rings is 1. The van der Waals surface area contributed by atoms with Gasteiger partial charge in [0, 0.05) is 15.3 Å². The van der Waals surface area contributed by atoms with E-state index in [0.29, 0.717) is 11.5 Å². The summed E-state index contributed by atoms with van der Waals surface area (Å²) in [5.74, 6) is 0.935. The number of hydrogen-bond acceptors (Lipinski definition) is 4. The molecule has 0 aliphatic heterocycles. The van der Waals surface area contributed by atoms with Crippen molar-refractivity contribution in [3.05, 3.63) is 75.8 Å². The molecule has 114 valence electrons. The molecule has 0 radical (unpaired) electrons. The summed E-state index contributed by atoms with van der Waals surface area (Å²) in [5, 5.41) is 3.88. The molecule has 23 heavy (non-hydrogen) atoms. The van der Waals surface area contributed by atoms with E-state index in [-0.39, 0.29) is 5.91 Å². The molecular weight excluding hydrogens is 405 g/mol. The van der Waals surface area contributed by atoms with Gasteiger partial charge in [-0.25, -0.2) is 5.43 Å². The van der Waals surface area contributed by atoms with Gasteiger partial charge in [-0.3, -0.25) is 9.78 Å². The lowest BCUT2D eigenvalue weighted by molar-refractivity contribution is 0.0950. The molecule has 0 atom stereocenters. The summed E-state index contributed by atoms with van der Waals surface area (Å²) < 4.78 is 6.84. The van der Waals surface area contributed by atoms with E-state index in [4.69, 9.17) is 4.42 Å². The Bertz CT molecular complexity index is 827. The Labute approximate surface area is 146 Å². The molecule has 0 spiro atoms. The first-order valence-electron chi connectivity index (χ1n) is 6.82. The molecule has 2 aromatic heterocycles. The Kier molecular flexibility index (Phi) is 4.82. The Balaban J connectivity index is 1.65. The molecule has 3 aromatic rings. The molecule has 3 rings (SSSR count). The van der Waals surface area contributed by atoms with Gasteiger partial charge in [0.1, 0.15) is 17.2 Å². The van der Waals surface area contributed by atoms with E-state index >= 15 is 0 Å². The summed E-state index contributed by atoms with van der Waals surface area (Å²) in [4.78, 5) is 15.7. The van der Waals surface area contributed by atoms with Gasteiger partial charge in [0.25, 0.3) is 5.91 Å². The number of aromatic nitrogens is 1. The number of halogens is 1. The number of carbonyl (C=O) groups excluding carboxylic acids is 1. The SMILES string of the molecule is O=C(N/N=C/c1ccc(-c2ccc(I)cc2)o1)c1ccccn1. The highest BCUT2D eigenvalue weighted by Crippen LogP contribution is 2.22. The van der Waals surface area contributed by atoms with E-state index in [0.717, 1.165) is 14.9 Å². The van der Waals surface area contributed by atoms with Crippen LogP contribution in [-0.2, 0) is 0 Å². The predicted octanol–water partition coefficient (Wildman–Crippen LogP) is 3.71. The normalized spacial score (nSPS) is 10.8. The van der Waals surface area contributed by atoms with E-state index in [9.17, 15) is 4.79 Å². The van der Waals surface area contributed by atoms with Gasteiger partial charge in [0.05, 0.1) is 6.21 Å². The van der Waals surface area contributed by atoms with Crippen LogP contribution in [0.4, 0.5) is 0 Å². The third-order valence-corrected chi connectivity index (χ3v) is 3.73. The maximum absolute atomic E-state index is 11.8. The maximum atomic E-state index is 11.8. The topological polar surface area (TPSA) is 67.5 Å². The molecule has 5 nitrogen and oxygen atoms in total. The summed E-state index contributed by atoms with van der Waals surface area (Å²) in [6, 6.07) is 16.8. The van der Waals surface area contributed by atoms with Crippen LogP contribution in [0.25, 0.3) is 11.3 Å². The van der Waals surface area contributed by atoms with Gasteiger partial charge in [0.2, 0.25) is 0 Å². The fraction of sp³-hybridized carbons (Fsp3) is 0. The highest BCUT2D eigenvalue weighted by atomic mass is 127. The number of hydrazone groups is 1. The van der Waals surface area contributed by atoms with Crippen LogP contribution in [0.2, 0.25) is 0 Å². The van der Waals surface area contributed by atoms with E-state index < -0.39 is 0 Å². The minimum Gasteiger partial charge on any atom is -0.455 e. The van der Waals surface area contributed by atoms with Crippen molar-refractivity contribution in [2.75, 3.05) is 0 Å². The monoisotopic (exact) mass is 417 g/mol. The van der Waals surface area contributed by atoms with Crippen molar-refractivity contribution in [2.24, 2.45) is 5.10 Å². The van der Waals surface area contributed by atoms with Gasteiger partial charge in [0.15, 0.2) is 0 Å². The molecule has 1 aromatic carbocycles. The lowest BCUT2D eigenvalue weighted by Gasteiger charge is -1.97. The average molecular weight is 417 g/mol. The van der Waals surface area contributed by atoms with Crippen molar-refractivity contribution < 1.29 is 9.21 Å². The number of rotatable bonds is 4. The van der Waals surface area contributed by atoms with Gasteiger partial charge in [-0.05, 0) is 59.0 Å². The lowest BCUT2D eigenvalue weighted by Crippen LogP contribution is -2.18. The summed E-state index contributed by atoms with van der Waals surface area (Å²) in [5.41, 5.74) is 3.71. The van der Waals surface area contributed by atoms with Gasteiger partial charge < -0.3 is 4.42 Å². The molecule has 0 bridgehead atoms. The molecular formula is C17H12IN3O2. The zero-order chi connectivity index (χ0) is 16.1. The highest BCUT2D eigenvalue weighted by molar-refractivity contribution is 14.1. The molecule has 0 aliphatic carbocycles. The van der Waals surface area contributed by atoms with Crippen LogP contribution in [0, 0.1) is 3.57 Å². The zero-order valence-corrected chi connectivity index (χ0v) is 14.1. The maximum Gasteiger partial charge on any atom is 0.289 e. The number of nitrogens with zero attached hydrogens (tertiary/aromatic N) is 2. The van der Waals surface area contributed by atoms with E-state index in [1.807, 2.05) is 30.3 Å². The van der Waals surface area contributed by atoms with Crippen molar-refractivity contribution in [1.82, 2.24) is 10.4 Å². The second-order valence-electron chi connectivity index (χ2n) is 4.62. The first-order valence-corrected chi connectivity index (χ1v) is 7.90. The molecule has 0 saturated heterocycles. The van der Waals surface area contributed by atoms with Crippen LogP contribution in [-0.4, -0.2) is 17.1 Å². The van der Waals surface area contributed by atoms with Crippen LogP contribution in [0.5, 0.6) is 0 Å². The Morgan fingerprint density at radius 2 is 1.96 bits per heavy atom. The smallest absolute Gasteiger partial charge is 0.289 e. The van der Waals surface area contributed by atoms with Gasteiger partial charge >= 0.3 is 0 Å². The lowest BCUT2D eigenvalue weighted by atomic mass is 10.2. The Morgan fingerprint density at radius 1 is 1.13 bits per heavy atom. The largest absolute Gasteiger partial charge is 0.455 e. The van der Waals surface area contributed by atoms with Crippen molar-refractivity contribution in [3.8, 4) is 11.3 Å². The standard InChI is InChI=1S/C17H12IN3O2/c18-13-6-4-12(5-7-13)16-9-8-14(23-16)11-20-21-17(22)15-3-1-2-10-19-15/h1-11H,(H,21,22)/b20-11+. The zero-order valence-electron chi connectivity index (χ0n) is 11.9. The van der Waals surface area contributed by atoms with Crippen LogP contribution >= 0.6 is 22.6 Å². The molecule has 0 unspecified atom stereocenters. The summed E-state index contributed by atoms with van der Waals surface area (Å²) in [6.07, 6.45) is 3.01. The number of furan rings is 1. The van der Waals surface area contributed by atoms with Gasteiger partial charge in [-0.2, -0.15) is 5.10 Å².